The van der Waals surface area contributed by atoms with Gasteiger partial charge in [-0.15, -0.1) is 6.58 Å². The molecule has 0 amide bonds. The van der Waals surface area contributed by atoms with Crippen LogP contribution in [0.4, 0.5) is 0 Å². The van der Waals surface area contributed by atoms with Gasteiger partial charge >= 0.3 is 11.4 Å². The van der Waals surface area contributed by atoms with Gasteiger partial charge in [0.1, 0.15) is 0 Å². The van der Waals surface area contributed by atoms with Gasteiger partial charge in [0, 0.05) is 20.9 Å². The fraction of sp³-hybridized carbons (Fsp3) is 0.756. The van der Waals surface area contributed by atoms with Crippen molar-refractivity contribution in [1.29, 1.82) is 0 Å². The van der Waals surface area contributed by atoms with Crippen LogP contribution in [0, 0.1) is 87.8 Å². The smallest absolute Gasteiger partial charge is 0.214 e. The second-order valence-corrected chi connectivity index (χ2v) is 33.4. The second-order valence-electron chi connectivity index (χ2n) is 27.0. The van der Waals surface area contributed by atoms with Crippen molar-refractivity contribution in [2.45, 2.75) is 315 Å². The first-order valence-electron chi connectivity index (χ1n) is 36.4. The van der Waals surface area contributed by atoms with Gasteiger partial charge in [-0.05, 0) is 244 Å². The van der Waals surface area contributed by atoms with Crippen LogP contribution in [-0.4, -0.2) is 11.4 Å². The molecule has 0 N–H and O–H groups in total. The van der Waals surface area contributed by atoms with Crippen LogP contribution in [-0.2, 0) is 19.5 Å². The van der Waals surface area contributed by atoms with Gasteiger partial charge in [0.15, 0.2) is 0 Å². The fourth-order valence-electron chi connectivity index (χ4n) is 15.0. The Labute approximate surface area is 581 Å². The molecule has 0 spiro atoms. The molecule has 11 rings (SSSR count). The van der Waals surface area contributed by atoms with E-state index in [1.165, 1.54) is 108 Å². The molecule has 0 saturated heterocycles. The maximum atomic E-state index is 4.94. The summed E-state index contributed by atoms with van der Waals surface area (Å²) >= 11 is -1.72. The zero-order valence-electron chi connectivity index (χ0n) is 63.1. The summed E-state index contributed by atoms with van der Waals surface area (Å²) in [6.07, 6.45) is 54.7. The molecule has 6 bridgehead atoms. The first-order chi connectivity index (χ1) is 40.9. The first-order valence-corrected chi connectivity index (χ1v) is 41.6. The van der Waals surface area contributed by atoms with E-state index in [2.05, 4.69) is 156 Å². The number of fused-ring (bicyclic) bond motifs is 15. The molecule has 7 fully saturated rings. The van der Waals surface area contributed by atoms with Gasteiger partial charge in [-0.1, -0.05) is 273 Å². The monoisotopic (exact) mass is 1370 g/mol. The largest absolute Gasteiger partial charge is 0.643 e. The quantitative estimate of drug-likeness (QED) is 0.141. The van der Waals surface area contributed by atoms with Crippen LogP contribution in [0.15, 0.2) is 121 Å². The summed E-state index contributed by atoms with van der Waals surface area (Å²) in [5.74, 6) is 14.3. The van der Waals surface area contributed by atoms with Gasteiger partial charge in [0.05, 0.1) is 0 Å². The van der Waals surface area contributed by atoms with Crippen molar-refractivity contribution >= 4 is 41.5 Å². The van der Waals surface area contributed by atoms with Crippen LogP contribution >= 0.6 is 30.1 Å². The summed E-state index contributed by atoms with van der Waals surface area (Å²) in [5, 5.41) is 0. The van der Waals surface area contributed by atoms with E-state index in [-0.39, 0.29) is 20.9 Å². The normalized spacial score (nSPS) is 26.1. The van der Waals surface area contributed by atoms with E-state index in [9.17, 15) is 0 Å². The number of hydrogen-bond donors (Lipinski definition) is 0. The maximum absolute atomic E-state index is 4.94. The Morgan fingerprint density at radius 3 is 1.25 bits per heavy atom. The standard InChI is InChI=1S/C12H26.2C10H16.C10H12.C10H16.2C6H8.C4H8.7C2H6.Al.3ClH.Ru.H2/c1-10(8-11(2,3)4)9-12(5,6)7;3*1-2-9-7-4-5-8(6-7)10(9)3-1;1-5-10(4)8-6-7-9(2)3;2*1-6-4-2-3-5-6;1-4(2)3;7*1-2;;;;;;/h10H,8-9H2,1-7H3;2*7-10H,1-6H2;1-2,4-5,7-10H,3,6H2;5,7H,1,4,6,8H2,2-3H3;2,4-5H,3H2,1H3;2,4H,1,3,5H2;1H2,2-3H3;7*1-2H3;;3*1H;;1H/q;;;;;;;;;;;;;;;+3;;;;;/p-3/i;;;;;;;;;;;;;;;;;;;;1+1. The predicted octanol–water partition coefficient (Wildman–Crippen LogP) is 30.5. The van der Waals surface area contributed by atoms with Crippen LogP contribution < -0.4 is 0 Å². The van der Waals surface area contributed by atoms with E-state index < -0.39 is 11.4 Å². The minimum atomic E-state index is -1.72. The van der Waals surface area contributed by atoms with Gasteiger partial charge in [0.2, 0.25) is 0 Å². The summed E-state index contributed by atoms with van der Waals surface area (Å²) < 4.78 is 0. The van der Waals surface area contributed by atoms with Crippen LogP contribution in [0.2, 0.25) is 0 Å². The molecule has 514 valence electrons. The Morgan fingerprint density at radius 2 is 0.989 bits per heavy atom. The predicted molar refractivity (Wildman–Crippen MR) is 410 cm³/mol. The summed E-state index contributed by atoms with van der Waals surface area (Å²) in [4.78, 5) is 0. The summed E-state index contributed by atoms with van der Waals surface area (Å²) in [5.41, 5.74) is 7.31. The van der Waals surface area contributed by atoms with E-state index in [1.807, 2.05) is 117 Å². The SMILES string of the molecule is C1=CC2C3C=CC(C3)C2C1.C1CC2C3CCC(C3)C2C1.C1CC2C3CCC(C3)C2C1.C=C(C)C.C=C1C=CCC1.C=CC(=C)CCC=C(C)C.CC.CC.CC.CC.CC.CC.CC.CC(CC(C)(C)C)CC(C)(C)C.CC1=CCC=C1.[2HH].[Cl][Al]([Cl])[Cl].[Ru]. The van der Waals surface area contributed by atoms with Crippen molar-refractivity contribution in [2.75, 3.05) is 0 Å². The average molecular weight is 1380 g/mol. The molecule has 0 aromatic carbocycles. The number of rotatable bonds is 6. The number of hydrogen-bond acceptors (Lipinski definition) is 0. The summed E-state index contributed by atoms with van der Waals surface area (Å²) in [6, 6.07) is 0. The van der Waals surface area contributed by atoms with E-state index in [0.717, 1.165) is 54.4 Å². The van der Waals surface area contributed by atoms with Crippen LogP contribution in [0.5, 0.6) is 0 Å². The Bertz CT molecular complexity index is 1740. The Balaban J connectivity index is -0.000000165. The molecule has 0 heterocycles. The van der Waals surface area contributed by atoms with E-state index in [4.69, 9.17) is 30.1 Å². The van der Waals surface area contributed by atoms with Gasteiger partial charge in [-0.25, -0.2) is 30.1 Å². The molecule has 0 aromatic rings. The maximum Gasteiger partial charge on any atom is 0.643 e. The Kier molecular flexibility index (Phi) is 67.7. The summed E-state index contributed by atoms with van der Waals surface area (Å²) in [6.45, 7) is 69.4. The molecule has 87 heavy (non-hydrogen) atoms. The molecule has 0 aromatic heterocycles. The first kappa shape index (κ1) is 97.5. The van der Waals surface area contributed by atoms with Gasteiger partial charge in [-0.3, -0.25) is 0 Å². The molecule has 0 nitrogen and oxygen atoms in total. The minimum absolute atomic E-state index is 0. The van der Waals surface area contributed by atoms with Crippen molar-refractivity contribution in [1.82, 2.24) is 0 Å². The van der Waals surface area contributed by atoms with Crippen molar-refractivity contribution in [3.05, 3.63) is 121 Å². The van der Waals surface area contributed by atoms with Gasteiger partial charge in [0.25, 0.3) is 0 Å². The zero-order valence-corrected chi connectivity index (χ0v) is 68.3. The average Bonchev–Trinajstić information content (AvgIpc) is 1.83. The third-order valence-corrected chi connectivity index (χ3v) is 17.3. The van der Waals surface area contributed by atoms with Crippen LogP contribution in [0.1, 0.15) is 316 Å². The minimum Gasteiger partial charge on any atom is -0.214 e. The molecule has 0 aliphatic heterocycles. The third kappa shape index (κ3) is 47.0. The molecule has 0 radical (unpaired) electrons. The molecule has 12 unspecified atom stereocenters. The molecule has 11 aliphatic rings. The molecule has 5 heteroatoms. The number of allylic oxidation sites excluding steroid dienone is 16. The second kappa shape index (κ2) is 60.4. The fourth-order valence-corrected chi connectivity index (χ4v) is 15.0. The molecular formula is C82H154AlCl3Ru. The zero-order chi connectivity index (χ0) is 67.6. The number of halogens is 3. The van der Waals surface area contributed by atoms with E-state index in [1.54, 1.807) is 77.0 Å². The van der Waals surface area contributed by atoms with Crippen molar-refractivity contribution in [3.8, 4) is 0 Å². The molecule has 12 atom stereocenters. The van der Waals surface area contributed by atoms with Crippen molar-refractivity contribution < 1.29 is 20.9 Å². The van der Waals surface area contributed by atoms with E-state index in [0.29, 0.717) is 10.8 Å². The molecule has 11 aliphatic carbocycles. The van der Waals surface area contributed by atoms with Crippen molar-refractivity contribution in [3.63, 3.8) is 0 Å². The molecular weight excluding hydrogens is 1220 g/mol. The Morgan fingerprint density at radius 1 is 0.598 bits per heavy atom. The van der Waals surface area contributed by atoms with Gasteiger partial charge < -0.3 is 0 Å². The Hall–Kier alpha value is -0.574. The van der Waals surface area contributed by atoms with E-state index >= 15 is 0 Å². The van der Waals surface area contributed by atoms with Crippen molar-refractivity contribution in [2.24, 2.45) is 87.8 Å². The van der Waals surface area contributed by atoms with Gasteiger partial charge in [-0.2, -0.15) is 0 Å². The van der Waals surface area contributed by atoms with Crippen LogP contribution in [0.3, 0.4) is 0 Å². The molecule has 7 saturated carbocycles. The topological polar surface area (TPSA) is 0 Å². The third-order valence-electron chi connectivity index (χ3n) is 17.3. The van der Waals surface area contributed by atoms with Crippen LogP contribution in [0.25, 0.3) is 0 Å². The summed E-state index contributed by atoms with van der Waals surface area (Å²) in [7, 11) is 14.8.